The zero-order valence-corrected chi connectivity index (χ0v) is 19.9. The molecule has 1 N–H and O–H groups in total. The normalized spacial score (nSPS) is 16.2. The van der Waals surface area contributed by atoms with Gasteiger partial charge in [-0.15, -0.1) is 0 Å². The van der Waals surface area contributed by atoms with Crippen LogP contribution in [-0.2, 0) is 11.3 Å². The number of benzene rings is 2. The third-order valence-electron chi connectivity index (χ3n) is 5.92. The molecule has 1 saturated heterocycles. The highest BCUT2D eigenvalue weighted by molar-refractivity contribution is 5.91. The standard InChI is InChI=1S/C27H36N2O3/c1-5-31-25-17-21(26(30)32-27(2,3)4)10-11-24(25)28-18-19-14-22(20-8-9-20)16-23(15-19)29-12-6-7-13-29/h10-11,14-17,20,28H,5-9,12-13,18H2,1-4H3. The van der Waals surface area contributed by atoms with Crippen molar-refractivity contribution in [2.75, 3.05) is 29.9 Å². The second-order valence-electron chi connectivity index (χ2n) is 9.90. The van der Waals surface area contributed by atoms with Gasteiger partial charge in [0.05, 0.1) is 17.9 Å². The number of carbonyl (C=O) groups excluding carboxylic acids is 1. The first kappa shape index (κ1) is 22.5. The fourth-order valence-corrected chi connectivity index (χ4v) is 4.22. The van der Waals surface area contributed by atoms with Gasteiger partial charge in [-0.1, -0.05) is 6.07 Å². The molecule has 5 heteroatoms. The van der Waals surface area contributed by atoms with Gasteiger partial charge < -0.3 is 19.7 Å². The molecule has 0 unspecified atom stereocenters. The summed E-state index contributed by atoms with van der Waals surface area (Å²) in [6.07, 6.45) is 5.17. The van der Waals surface area contributed by atoms with Gasteiger partial charge in [0.25, 0.3) is 0 Å². The monoisotopic (exact) mass is 436 g/mol. The summed E-state index contributed by atoms with van der Waals surface area (Å²) >= 11 is 0. The summed E-state index contributed by atoms with van der Waals surface area (Å²) < 4.78 is 11.4. The lowest BCUT2D eigenvalue weighted by Gasteiger charge is -2.21. The molecule has 5 nitrogen and oxygen atoms in total. The van der Waals surface area contributed by atoms with E-state index in [1.165, 1.54) is 42.5 Å². The summed E-state index contributed by atoms with van der Waals surface area (Å²) in [7, 11) is 0. The topological polar surface area (TPSA) is 50.8 Å². The Labute approximate surface area is 192 Å². The summed E-state index contributed by atoms with van der Waals surface area (Å²) in [5, 5.41) is 3.54. The first-order chi connectivity index (χ1) is 15.3. The number of nitrogens with one attached hydrogen (secondary N) is 1. The molecule has 1 saturated carbocycles. The van der Waals surface area contributed by atoms with E-state index in [1.807, 2.05) is 33.8 Å². The third kappa shape index (κ3) is 5.76. The SMILES string of the molecule is CCOc1cc(C(=O)OC(C)(C)C)ccc1NCc1cc(C2CC2)cc(N2CCCC2)c1. The van der Waals surface area contributed by atoms with Crippen LogP contribution in [0.5, 0.6) is 5.75 Å². The molecule has 0 atom stereocenters. The van der Waals surface area contributed by atoms with Gasteiger partial charge in [-0.2, -0.15) is 0 Å². The summed E-state index contributed by atoms with van der Waals surface area (Å²) in [6, 6.07) is 12.6. The molecule has 1 aliphatic carbocycles. The fraction of sp³-hybridized carbons (Fsp3) is 0.519. The summed E-state index contributed by atoms with van der Waals surface area (Å²) in [6.45, 7) is 11.1. The van der Waals surface area contributed by atoms with Crippen LogP contribution in [0.2, 0.25) is 0 Å². The van der Waals surface area contributed by atoms with E-state index in [-0.39, 0.29) is 5.97 Å². The molecule has 172 valence electrons. The van der Waals surface area contributed by atoms with Crippen molar-refractivity contribution in [2.24, 2.45) is 0 Å². The molecule has 0 radical (unpaired) electrons. The second kappa shape index (κ2) is 9.43. The number of nitrogens with zero attached hydrogens (tertiary/aromatic N) is 1. The predicted molar refractivity (Wildman–Crippen MR) is 130 cm³/mol. The van der Waals surface area contributed by atoms with E-state index in [0.717, 1.165) is 24.7 Å². The number of rotatable bonds is 8. The summed E-state index contributed by atoms with van der Waals surface area (Å²) in [5.41, 5.74) is 4.97. The molecule has 0 aromatic heterocycles. The molecule has 4 rings (SSSR count). The van der Waals surface area contributed by atoms with Crippen molar-refractivity contribution in [1.29, 1.82) is 0 Å². The van der Waals surface area contributed by atoms with Crippen LogP contribution in [0.25, 0.3) is 0 Å². The molecule has 2 fully saturated rings. The molecular weight excluding hydrogens is 400 g/mol. The minimum absolute atomic E-state index is 0.336. The molecular formula is C27H36N2O3. The van der Waals surface area contributed by atoms with Gasteiger partial charge in [-0.05, 0) is 101 Å². The quantitative estimate of drug-likeness (QED) is 0.505. The number of hydrogen-bond donors (Lipinski definition) is 1. The van der Waals surface area contributed by atoms with Gasteiger partial charge in [0.15, 0.2) is 0 Å². The van der Waals surface area contributed by atoms with E-state index >= 15 is 0 Å². The van der Waals surface area contributed by atoms with Crippen molar-refractivity contribution in [3.05, 3.63) is 53.1 Å². The second-order valence-corrected chi connectivity index (χ2v) is 9.90. The lowest BCUT2D eigenvalue weighted by molar-refractivity contribution is 0.00691. The maximum absolute atomic E-state index is 12.5. The predicted octanol–water partition coefficient (Wildman–Crippen LogP) is 6.13. The van der Waals surface area contributed by atoms with Gasteiger partial charge >= 0.3 is 5.97 Å². The van der Waals surface area contributed by atoms with Gasteiger partial charge in [0.1, 0.15) is 11.4 Å². The Balaban J connectivity index is 1.52. The Bertz CT molecular complexity index is 954. The Morgan fingerprint density at radius 1 is 1.09 bits per heavy atom. The van der Waals surface area contributed by atoms with Crippen LogP contribution in [0.3, 0.4) is 0 Å². The zero-order chi connectivity index (χ0) is 22.7. The number of carbonyl (C=O) groups is 1. The molecule has 32 heavy (non-hydrogen) atoms. The van der Waals surface area contributed by atoms with E-state index in [4.69, 9.17) is 9.47 Å². The summed E-state index contributed by atoms with van der Waals surface area (Å²) in [5.74, 6) is 1.06. The van der Waals surface area contributed by atoms with Crippen LogP contribution in [-0.4, -0.2) is 31.3 Å². The summed E-state index contributed by atoms with van der Waals surface area (Å²) in [4.78, 5) is 15.0. The number of ether oxygens (including phenoxy) is 2. The van der Waals surface area contributed by atoms with Gasteiger partial charge in [-0.3, -0.25) is 0 Å². The number of esters is 1. The van der Waals surface area contributed by atoms with Crippen molar-refractivity contribution < 1.29 is 14.3 Å². The molecule has 2 aliphatic rings. The van der Waals surface area contributed by atoms with Crippen LogP contribution < -0.4 is 15.0 Å². The lowest BCUT2D eigenvalue weighted by atomic mass is 10.0. The number of anilines is 2. The highest BCUT2D eigenvalue weighted by Crippen LogP contribution is 2.42. The van der Waals surface area contributed by atoms with E-state index in [2.05, 4.69) is 28.4 Å². The minimum Gasteiger partial charge on any atom is -0.492 e. The van der Waals surface area contributed by atoms with Crippen molar-refractivity contribution in [1.82, 2.24) is 0 Å². The van der Waals surface area contributed by atoms with Crippen LogP contribution in [0.4, 0.5) is 11.4 Å². The Morgan fingerprint density at radius 2 is 1.84 bits per heavy atom. The fourth-order valence-electron chi connectivity index (χ4n) is 4.22. The van der Waals surface area contributed by atoms with Crippen LogP contribution in [0.15, 0.2) is 36.4 Å². The highest BCUT2D eigenvalue weighted by Gasteiger charge is 2.25. The number of hydrogen-bond acceptors (Lipinski definition) is 5. The van der Waals surface area contributed by atoms with Crippen molar-refractivity contribution >= 4 is 17.3 Å². The minimum atomic E-state index is -0.528. The van der Waals surface area contributed by atoms with Crippen LogP contribution in [0, 0.1) is 0 Å². The first-order valence-electron chi connectivity index (χ1n) is 12.0. The van der Waals surface area contributed by atoms with Crippen LogP contribution in [0.1, 0.15) is 80.8 Å². The molecule has 0 bridgehead atoms. The lowest BCUT2D eigenvalue weighted by Crippen LogP contribution is -2.23. The average Bonchev–Trinajstić information content (AvgIpc) is 3.45. The average molecular weight is 437 g/mol. The molecule has 2 aromatic carbocycles. The van der Waals surface area contributed by atoms with Crippen molar-refractivity contribution in [3.8, 4) is 5.75 Å². The maximum Gasteiger partial charge on any atom is 0.338 e. The van der Waals surface area contributed by atoms with E-state index < -0.39 is 5.60 Å². The Hall–Kier alpha value is -2.69. The van der Waals surface area contributed by atoms with Crippen molar-refractivity contribution in [3.63, 3.8) is 0 Å². The van der Waals surface area contributed by atoms with E-state index in [9.17, 15) is 4.79 Å². The maximum atomic E-state index is 12.5. The smallest absolute Gasteiger partial charge is 0.338 e. The van der Waals surface area contributed by atoms with Gasteiger partial charge in [0, 0.05) is 25.3 Å². The zero-order valence-electron chi connectivity index (χ0n) is 19.9. The van der Waals surface area contributed by atoms with Gasteiger partial charge in [0.2, 0.25) is 0 Å². The molecule has 1 heterocycles. The molecule has 1 aliphatic heterocycles. The van der Waals surface area contributed by atoms with Crippen molar-refractivity contribution in [2.45, 2.75) is 71.4 Å². The third-order valence-corrected chi connectivity index (χ3v) is 5.92. The van der Waals surface area contributed by atoms with E-state index in [0.29, 0.717) is 24.5 Å². The molecule has 0 spiro atoms. The highest BCUT2D eigenvalue weighted by atomic mass is 16.6. The molecule has 2 aromatic rings. The van der Waals surface area contributed by atoms with Gasteiger partial charge in [-0.25, -0.2) is 4.79 Å². The largest absolute Gasteiger partial charge is 0.492 e. The molecule has 0 amide bonds. The van der Waals surface area contributed by atoms with Crippen LogP contribution >= 0.6 is 0 Å². The Kier molecular flexibility index (Phi) is 6.63. The van der Waals surface area contributed by atoms with E-state index in [1.54, 1.807) is 12.1 Å². The Morgan fingerprint density at radius 3 is 2.50 bits per heavy atom. The first-order valence-corrected chi connectivity index (χ1v) is 12.0.